The van der Waals surface area contributed by atoms with Crippen LogP contribution in [-0.4, -0.2) is 15.1 Å². The van der Waals surface area contributed by atoms with Gasteiger partial charge in [0, 0.05) is 11.8 Å². The summed E-state index contributed by atoms with van der Waals surface area (Å²) in [6, 6.07) is 9.79. The van der Waals surface area contributed by atoms with Gasteiger partial charge in [0.25, 0.3) is 0 Å². The van der Waals surface area contributed by atoms with E-state index in [1.165, 1.54) is 0 Å². The molecule has 0 fully saturated rings. The summed E-state index contributed by atoms with van der Waals surface area (Å²) in [5.74, 6) is 0. The van der Waals surface area contributed by atoms with Crippen LogP contribution in [0.25, 0.3) is 10.6 Å². The lowest BCUT2D eigenvalue weighted by Crippen LogP contribution is -1.99. The largest absolute Gasteiger partial charge is 0.388 e. The van der Waals surface area contributed by atoms with Crippen molar-refractivity contribution in [2.75, 3.05) is 0 Å². The number of aliphatic hydroxyl groups excluding tert-OH is 1. The molecule has 0 aliphatic rings. The second kappa shape index (κ2) is 6.69. The summed E-state index contributed by atoms with van der Waals surface area (Å²) in [7, 11) is 0. The van der Waals surface area contributed by atoms with Gasteiger partial charge in [-0.15, -0.1) is 22.7 Å². The first-order chi connectivity index (χ1) is 10.6. The molecule has 1 atom stereocenters. The van der Waals surface area contributed by atoms with E-state index in [-0.39, 0.29) is 0 Å². The van der Waals surface area contributed by atoms with E-state index in [1.54, 1.807) is 22.7 Å². The Balaban J connectivity index is 1.66. The third-order valence-electron chi connectivity index (χ3n) is 3.50. The first kappa shape index (κ1) is 15.3. The van der Waals surface area contributed by atoms with Crippen molar-refractivity contribution in [2.24, 2.45) is 0 Å². The van der Waals surface area contributed by atoms with Crippen molar-refractivity contribution >= 4 is 22.7 Å². The molecule has 1 unspecified atom stereocenters. The number of thiazole rings is 2. The number of aryl methyl sites for hydroxylation is 3. The van der Waals surface area contributed by atoms with E-state index in [0.29, 0.717) is 6.42 Å². The predicted molar refractivity (Wildman–Crippen MR) is 92.4 cm³/mol. The number of aromatic nitrogens is 2. The Morgan fingerprint density at radius 2 is 1.91 bits per heavy atom. The molecular weight excluding hydrogens is 312 g/mol. The van der Waals surface area contributed by atoms with Gasteiger partial charge in [0.1, 0.15) is 0 Å². The Bertz CT molecular complexity index is 749. The van der Waals surface area contributed by atoms with Crippen LogP contribution in [0, 0.1) is 13.8 Å². The molecule has 0 aliphatic heterocycles. The van der Waals surface area contributed by atoms with E-state index in [4.69, 9.17) is 4.98 Å². The van der Waals surface area contributed by atoms with Gasteiger partial charge in [-0.25, -0.2) is 9.97 Å². The molecule has 0 saturated carbocycles. The normalized spacial score (nSPS) is 12.5. The zero-order valence-electron chi connectivity index (χ0n) is 12.6. The maximum Gasteiger partial charge on any atom is 0.0934 e. The van der Waals surface area contributed by atoms with E-state index >= 15 is 0 Å². The van der Waals surface area contributed by atoms with Crippen molar-refractivity contribution < 1.29 is 5.11 Å². The van der Waals surface area contributed by atoms with Gasteiger partial charge in [-0.2, -0.15) is 0 Å². The van der Waals surface area contributed by atoms with Crippen molar-refractivity contribution in [1.82, 2.24) is 9.97 Å². The molecule has 114 valence electrons. The Kier molecular flexibility index (Phi) is 4.66. The van der Waals surface area contributed by atoms with Crippen molar-refractivity contribution in [3.05, 3.63) is 57.0 Å². The van der Waals surface area contributed by atoms with Gasteiger partial charge in [-0.1, -0.05) is 30.3 Å². The van der Waals surface area contributed by atoms with Gasteiger partial charge in [0.15, 0.2) is 0 Å². The SMILES string of the molecule is Cc1nc(C)c(-c2csc(CCC(O)c3ccccc3)n2)s1. The molecule has 2 heterocycles. The van der Waals surface area contributed by atoms with Gasteiger partial charge in [-0.05, 0) is 25.8 Å². The highest BCUT2D eigenvalue weighted by Gasteiger charge is 2.13. The fourth-order valence-electron chi connectivity index (χ4n) is 2.40. The van der Waals surface area contributed by atoms with Crippen molar-refractivity contribution in [2.45, 2.75) is 32.8 Å². The van der Waals surface area contributed by atoms with E-state index in [2.05, 4.69) is 10.4 Å². The zero-order chi connectivity index (χ0) is 15.5. The molecule has 3 nitrogen and oxygen atoms in total. The minimum atomic E-state index is -0.430. The lowest BCUT2D eigenvalue weighted by molar-refractivity contribution is 0.168. The molecule has 0 amide bonds. The molecular formula is C17H18N2OS2. The highest BCUT2D eigenvalue weighted by Crippen LogP contribution is 2.31. The molecule has 0 radical (unpaired) electrons. The predicted octanol–water partition coefficient (Wildman–Crippen LogP) is 4.55. The minimum Gasteiger partial charge on any atom is -0.388 e. The fraction of sp³-hybridized carbons (Fsp3) is 0.294. The number of hydrogen-bond donors (Lipinski definition) is 1. The Labute approximate surface area is 138 Å². The molecule has 3 rings (SSSR count). The average molecular weight is 330 g/mol. The molecule has 0 bridgehead atoms. The quantitative estimate of drug-likeness (QED) is 0.746. The number of nitrogens with zero attached hydrogens (tertiary/aromatic N) is 2. The van der Waals surface area contributed by atoms with Crippen molar-refractivity contribution in [3.63, 3.8) is 0 Å². The fourth-order valence-corrected chi connectivity index (χ4v) is 4.16. The number of rotatable bonds is 5. The minimum absolute atomic E-state index is 0.430. The van der Waals surface area contributed by atoms with Crippen LogP contribution in [0.5, 0.6) is 0 Å². The standard InChI is InChI=1S/C17H18N2OS2/c1-11-17(22-12(2)18-11)14-10-21-16(19-14)9-8-15(20)13-6-4-3-5-7-13/h3-7,10,15,20H,8-9H2,1-2H3. The number of aliphatic hydroxyl groups is 1. The molecule has 0 aliphatic carbocycles. The Morgan fingerprint density at radius 1 is 1.14 bits per heavy atom. The van der Waals surface area contributed by atoms with Gasteiger partial charge >= 0.3 is 0 Å². The van der Waals surface area contributed by atoms with Crippen LogP contribution < -0.4 is 0 Å². The number of hydrogen-bond acceptors (Lipinski definition) is 5. The van der Waals surface area contributed by atoms with Crippen LogP contribution in [0.4, 0.5) is 0 Å². The van der Waals surface area contributed by atoms with Gasteiger partial charge in [0.2, 0.25) is 0 Å². The summed E-state index contributed by atoms with van der Waals surface area (Å²) in [5, 5.41) is 14.4. The second-order valence-electron chi connectivity index (χ2n) is 5.24. The zero-order valence-corrected chi connectivity index (χ0v) is 14.2. The maximum absolute atomic E-state index is 10.2. The summed E-state index contributed by atoms with van der Waals surface area (Å²) in [4.78, 5) is 10.3. The molecule has 0 saturated heterocycles. The van der Waals surface area contributed by atoms with Gasteiger partial charge < -0.3 is 5.11 Å². The summed E-state index contributed by atoms with van der Waals surface area (Å²) in [6.45, 7) is 4.04. The highest BCUT2D eigenvalue weighted by molar-refractivity contribution is 7.15. The Morgan fingerprint density at radius 3 is 2.59 bits per heavy atom. The highest BCUT2D eigenvalue weighted by atomic mass is 32.1. The van der Waals surface area contributed by atoms with E-state index in [0.717, 1.165) is 38.3 Å². The van der Waals surface area contributed by atoms with E-state index < -0.39 is 6.10 Å². The van der Waals surface area contributed by atoms with Crippen LogP contribution in [0.15, 0.2) is 35.7 Å². The topological polar surface area (TPSA) is 46.0 Å². The third kappa shape index (κ3) is 3.43. The molecule has 1 aromatic carbocycles. The molecule has 22 heavy (non-hydrogen) atoms. The average Bonchev–Trinajstić information content (AvgIpc) is 3.12. The molecule has 1 N–H and O–H groups in total. The molecule has 2 aromatic heterocycles. The maximum atomic E-state index is 10.2. The van der Waals surface area contributed by atoms with Crippen LogP contribution in [0.1, 0.15) is 33.8 Å². The van der Waals surface area contributed by atoms with Crippen LogP contribution in [-0.2, 0) is 6.42 Å². The van der Waals surface area contributed by atoms with Crippen LogP contribution in [0.3, 0.4) is 0 Å². The van der Waals surface area contributed by atoms with Crippen molar-refractivity contribution in [3.8, 4) is 10.6 Å². The van der Waals surface area contributed by atoms with Gasteiger partial charge in [-0.3, -0.25) is 0 Å². The summed E-state index contributed by atoms with van der Waals surface area (Å²) in [6.07, 6.45) is 1.05. The third-order valence-corrected chi connectivity index (χ3v) is 5.51. The van der Waals surface area contributed by atoms with Crippen LogP contribution in [0.2, 0.25) is 0 Å². The lowest BCUT2D eigenvalue weighted by Gasteiger charge is -2.09. The summed E-state index contributed by atoms with van der Waals surface area (Å²) < 4.78 is 0. The first-order valence-corrected chi connectivity index (χ1v) is 8.95. The molecule has 3 aromatic rings. The smallest absolute Gasteiger partial charge is 0.0934 e. The second-order valence-corrected chi connectivity index (χ2v) is 7.38. The lowest BCUT2D eigenvalue weighted by atomic mass is 10.1. The summed E-state index contributed by atoms with van der Waals surface area (Å²) >= 11 is 3.34. The van der Waals surface area contributed by atoms with E-state index in [1.807, 2.05) is 44.2 Å². The van der Waals surface area contributed by atoms with Gasteiger partial charge in [0.05, 0.1) is 32.4 Å². The summed E-state index contributed by atoms with van der Waals surface area (Å²) in [5.41, 5.74) is 3.02. The number of benzene rings is 1. The molecule has 0 spiro atoms. The van der Waals surface area contributed by atoms with E-state index in [9.17, 15) is 5.11 Å². The van der Waals surface area contributed by atoms with Crippen molar-refractivity contribution in [1.29, 1.82) is 0 Å². The Hall–Kier alpha value is -1.56. The monoisotopic (exact) mass is 330 g/mol. The molecule has 5 heteroatoms. The first-order valence-electron chi connectivity index (χ1n) is 7.25. The van der Waals surface area contributed by atoms with Crippen LogP contribution >= 0.6 is 22.7 Å².